The maximum absolute atomic E-state index is 12.2. The molecular weight excluding hydrogens is 420 g/mol. The molecule has 0 saturated carbocycles. The molecule has 1 N–H and O–H groups in total. The fourth-order valence-electron chi connectivity index (χ4n) is 2.40. The first-order chi connectivity index (χ1) is 12.6. The van der Waals surface area contributed by atoms with Gasteiger partial charge in [-0.25, -0.2) is 0 Å². The molecule has 2 heterocycles. The summed E-state index contributed by atoms with van der Waals surface area (Å²) in [5.41, 5.74) is 1.23. The lowest BCUT2D eigenvalue weighted by Gasteiger charge is -2.02. The molecule has 0 radical (unpaired) electrons. The van der Waals surface area contributed by atoms with Gasteiger partial charge >= 0.3 is 0 Å². The molecule has 2 aliphatic rings. The number of thioether (sulfide) groups is 1. The number of nitrogens with zero attached hydrogens (tertiary/aromatic N) is 1. The van der Waals surface area contributed by atoms with Gasteiger partial charge in [-0.2, -0.15) is 4.99 Å². The SMILES string of the molecule is O=C1NC(=NC(=O)c2ccccc2)S/C1=C\c1cc2c(cc1Br)OCO2. The topological polar surface area (TPSA) is 77.0 Å². The Labute approximate surface area is 161 Å². The lowest BCUT2D eigenvalue weighted by atomic mass is 10.2. The van der Waals surface area contributed by atoms with Crippen molar-refractivity contribution in [3.63, 3.8) is 0 Å². The zero-order valence-electron chi connectivity index (χ0n) is 13.2. The van der Waals surface area contributed by atoms with Crippen molar-refractivity contribution < 1.29 is 19.1 Å². The van der Waals surface area contributed by atoms with Crippen molar-refractivity contribution in [1.82, 2.24) is 5.32 Å². The Balaban J connectivity index is 1.58. The van der Waals surface area contributed by atoms with Gasteiger partial charge in [0.1, 0.15) is 0 Å². The van der Waals surface area contributed by atoms with Gasteiger partial charge in [-0.1, -0.05) is 34.1 Å². The van der Waals surface area contributed by atoms with Crippen LogP contribution in [0.15, 0.2) is 56.8 Å². The lowest BCUT2D eigenvalue weighted by molar-refractivity contribution is -0.115. The molecule has 2 aliphatic heterocycles. The Morgan fingerprint density at radius 1 is 1.19 bits per heavy atom. The molecule has 2 aromatic rings. The molecular formula is C18H11BrN2O4S. The summed E-state index contributed by atoms with van der Waals surface area (Å²) in [4.78, 5) is 28.7. The first-order valence-electron chi connectivity index (χ1n) is 7.58. The molecule has 6 nitrogen and oxygen atoms in total. The van der Waals surface area contributed by atoms with Crippen molar-refractivity contribution in [1.29, 1.82) is 0 Å². The highest BCUT2D eigenvalue weighted by Crippen LogP contribution is 2.38. The average molecular weight is 431 g/mol. The van der Waals surface area contributed by atoms with Gasteiger partial charge in [-0.3, -0.25) is 9.59 Å². The lowest BCUT2D eigenvalue weighted by Crippen LogP contribution is -2.20. The number of benzene rings is 2. The first kappa shape index (κ1) is 16.9. The van der Waals surface area contributed by atoms with E-state index in [0.29, 0.717) is 22.0 Å². The minimum atomic E-state index is -0.404. The van der Waals surface area contributed by atoms with E-state index in [9.17, 15) is 9.59 Å². The number of carbonyl (C=O) groups is 2. The van der Waals surface area contributed by atoms with Crippen molar-refractivity contribution in [3.05, 3.63) is 63.0 Å². The second kappa shape index (κ2) is 6.97. The van der Waals surface area contributed by atoms with Crippen LogP contribution < -0.4 is 14.8 Å². The van der Waals surface area contributed by atoms with Crippen molar-refractivity contribution in [3.8, 4) is 11.5 Å². The van der Waals surface area contributed by atoms with Crippen LogP contribution in [-0.4, -0.2) is 23.8 Å². The normalized spacial score (nSPS) is 18.4. The largest absolute Gasteiger partial charge is 0.454 e. The van der Waals surface area contributed by atoms with Gasteiger partial charge in [-0.05, 0) is 47.7 Å². The maximum Gasteiger partial charge on any atom is 0.279 e. The second-order valence-electron chi connectivity index (χ2n) is 5.38. The maximum atomic E-state index is 12.2. The molecule has 0 bridgehead atoms. The zero-order valence-corrected chi connectivity index (χ0v) is 15.6. The van der Waals surface area contributed by atoms with E-state index in [4.69, 9.17) is 9.47 Å². The van der Waals surface area contributed by atoms with E-state index in [0.717, 1.165) is 21.8 Å². The quantitative estimate of drug-likeness (QED) is 0.736. The van der Waals surface area contributed by atoms with Crippen LogP contribution in [-0.2, 0) is 4.79 Å². The molecule has 1 saturated heterocycles. The highest BCUT2D eigenvalue weighted by Gasteiger charge is 2.25. The molecule has 2 aromatic carbocycles. The van der Waals surface area contributed by atoms with E-state index in [2.05, 4.69) is 26.2 Å². The molecule has 130 valence electrons. The molecule has 0 spiro atoms. The summed E-state index contributed by atoms with van der Waals surface area (Å²) < 4.78 is 11.4. The van der Waals surface area contributed by atoms with Gasteiger partial charge in [0.25, 0.3) is 11.8 Å². The fourth-order valence-corrected chi connectivity index (χ4v) is 3.65. The van der Waals surface area contributed by atoms with Crippen LogP contribution in [0.25, 0.3) is 6.08 Å². The summed E-state index contributed by atoms with van der Waals surface area (Å²) in [6.45, 7) is 0.176. The van der Waals surface area contributed by atoms with Crippen LogP contribution in [0.5, 0.6) is 11.5 Å². The number of hydrogen-bond acceptors (Lipinski definition) is 5. The van der Waals surface area contributed by atoms with E-state index < -0.39 is 5.91 Å². The smallest absolute Gasteiger partial charge is 0.279 e. The summed E-state index contributed by atoms with van der Waals surface area (Å²) in [6.07, 6.45) is 1.71. The first-order valence-corrected chi connectivity index (χ1v) is 9.19. The van der Waals surface area contributed by atoms with Crippen LogP contribution in [0, 0.1) is 0 Å². The Morgan fingerprint density at radius 3 is 2.69 bits per heavy atom. The molecule has 2 amide bonds. The van der Waals surface area contributed by atoms with E-state index in [-0.39, 0.29) is 17.9 Å². The third kappa shape index (κ3) is 3.38. The minimum Gasteiger partial charge on any atom is -0.454 e. The fraction of sp³-hybridized carbons (Fsp3) is 0.0556. The average Bonchev–Trinajstić information content (AvgIpc) is 3.22. The second-order valence-corrected chi connectivity index (χ2v) is 7.26. The Bertz CT molecular complexity index is 973. The van der Waals surface area contributed by atoms with Crippen molar-refractivity contribution >= 4 is 50.7 Å². The standard InChI is InChI=1S/C18H11BrN2O4S/c19-12-8-14-13(24-9-25-14)6-11(12)7-15-17(23)21-18(26-15)20-16(22)10-4-2-1-3-5-10/h1-8H,9H2,(H,20,21,22,23)/b15-7-. The molecule has 26 heavy (non-hydrogen) atoms. The van der Waals surface area contributed by atoms with Gasteiger partial charge in [0.2, 0.25) is 6.79 Å². The molecule has 8 heteroatoms. The van der Waals surface area contributed by atoms with Gasteiger partial charge in [0.05, 0.1) is 4.91 Å². The highest BCUT2D eigenvalue weighted by molar-refractivity contribution is 9.10. The number of aliphatic imine (C=N–C) groups is 1. The minimum absolute atomic E-state index is 0.176. The third-order valence-corrected chi connectivity index (χ3v) is 5.25. The van der Waals surface area contributed by atoms with E-state index in [1.54, 1.807) is 42.5 Å². The van der Waals surface area contributed by atoms with Crippen molar-refractivity contribution in [2.75, 3.05) is 6.79 Å². The predicted molar refractivity (Wildman–Crippen MR) is 102 cm³/mol. The summed E-state index contributed by atoms with van der Waals surface area (Å²) in [5.74, 6) is 0.563. The van der Waals surface area contributed by atoms with Gasteiger partial charge < -0.3 is 14.8 Å². The summed E-state index contributed by atoms with van der Waals surface area (Å²) in [5, 5.41) is 2.87. The Morgan fingerprint density at radius 2 is 1.92 bits per heavy atom. The van der Waals surface area contributed by atoms with Crippen molar-refractivity contribution in [2.45, 2.75) is 0 Å². The number of amides is 2. The summed E-state index contributed by atoms with van der Waals surface area (Å²) >= 11 is 4.57. The Kier molecular flexibility index (Phi) is 4.52. The molecule has 0 aliphatic carbocycles. The Hall–Kier alpha value is -2.58. The van der Waals surface area contributed by atoms with E-state index in [1.165, 1.54) is 0 Å². The van der Waals surface area contributed by atoms with Gasteiger partial charge in [-0.15, -0.1) is 0 Å². The third-order valence-electron chi connectivity index (χ3n) is 3.65. The number of nitrogens with one attached hydrogen (secondary N) is 1. The number of fused-ring (bicyclic) bond motifs is 1. The van der Waals surface area contributed by atoms with Crippen LogP contribution >= 0.6 is 27.7 Å². The number of amidine groups is 1. The van der Waals surface area contributed by atoms with Crippen molar-refractivity contribution in [2.24, 2.45) is 4.99 Å². The van der Waals surface area contributed by atoms with E-state index >= 15 is 0 Å². The number of ether oxygens (including phenoxy) is 2. The van der Waals surface area contributed by atoms with Crippen LogP contribution in [0.4, 0.5) is 0 Å². The van der Waals surface area contributed by atoms with Crippen LogP contribution in [0.3, 0.4) is 0 Å². The number of rotatable bonds is 2. The summed E-state index contributed by atoms with van der Waals surface area (Å²) in [6, 6.07) is 12.3. The van der Waals surface area contributed by atoms with E-state index in [1.807, 2.05) is 6.07 Å². The summed E-state index contributed by atoms with van der Waals surface area (Å²) in [7, 11) is 0. The van der Waals surface area contributed by atoms with Crippen LogP contribution in [0.2, 0.25) is 0 Å². The van der Waals surface area contributed by atoms with Crippen LogP contribution in [0.1, 0.15) is 15.9 Å². The molecule has 4 rings (SSSR count). The predicted octanol–water partition coefficient (Wildman–Crippen LogP) is 3.58. The van der Waals surface area contributed by atoms with Gasteiger partial charge in [0.15, 0.2) is 16.7 Å². The molecule has 0 atom stereocenters. The highest BCUT2D eigenvalue weighted by atomic mass is 79.9. The molecule has 0 unspecified atom stereocenters. The molecule has 1 fully saturated rings. The van der Waals surface area contributed by atoms with Gasteiger partial charge in [0, 0.05) is 10.0 Å². The number of halogens is 1. The monoisotopic (exact) mass is 430 g/mol. The zero-order chi connectivity index (χ0) is 18.1. The number of hydrogen-bond donors (Lipinski definition) is 1. The number of carbonyl (C=O) groups excluding carboxylic acids is 2. The molecule has 0 aromatic heterocycles.